The van der Waals surface area contributed by atoms with Crippen molar-refractivity contribution in [2.45, 2.75) is 57.8 Å². The maximum absolute atomic E-state index is 10.1. The van der Waals surface area contributed by atoms with E-state index >= 15 is 0 Å². The van der Waals surface area contributed by atoms with Gasteiger partial charge in [0.2, 0.25) is 0 Å². The molecule has 0 amide bonds. The molecule has 1 aromatic rings. The zero-order chi connectivity index (χ0) is 15.5. The highest BCUT2D eigenvalue weighted by molar-refractivity contribution is 5.14. The fraction of sp³-hybridized carbons (Fsp3) is 0.684. The maximum Gasteiger partial charge on any atom is 0.0553 e. The lowest BCUT2D eigenvalue weighted by Crippen LogP contribution is -2.57. The van der Waals surface area contributed by atoms with Gasteiger partial charge in [-0.1, -0.05) is 37.3 Å². The lowest BCUT2D eigenvalue weighted by atomic mass is 9.77. The molecule has 0 radical (unpaired) electrons. The van der Waals surface area contributed by atoms with Gasteiger partial charge in [-0.2, -0.15) is 0 Å². The van der Waals surface area contributed by atoms with E-state index in [9.17, 15) is 5.11 Å². The van der Waals surface area contributed by atoms with E-state index in [1.54, 1.807) is 0 Å². The van der Waals surface area contributed by atoms with Crippen molar-refractivity contribution in [1.29, 1.82) is 0 Å². The molecule has 1 aliphatic carbocycles. The molecule has 1 saturated carbocycles. The Labute approximate surface area is 134 Å². The minimum Gasteiger partial charge on any atom is -0.393 e. The Morgan fingerprint density at radius 3 is 2.59 bits per heavy atom. The first-order valence-electron chi connectivity index (χ1n) is 8.83. The van der Waals surface area contributed by atoms with Crippen molar-refractivity contribution in [3.05, 3.63) is 35.9 Å². The van der Waals surface area contributed by atoms with Gasteiger partial charge in [0.05, 0.1) is 6.10 Å². The number of hydrogen-bond donors (Lipinski definition) is 2. The second-order valence-corrected chi connectivity index (χ2v) is 7.38. The summed E-state index contributed by atoms with van der Waals surface area (Å²) < 4.78 is 0. The van der Waals surface area contributed by atoms with E-state index in [1.165, 1.54) is 18.4 Å². The summed E-state index contributed by atoms with van der Waals surface area (Å²) in [6.45, 7) is 7.44. The van der Waals surface area contributed by atoms with Crippen LogP contribution < -0.4 is 5.32 Å². The number of nitrogens with one attached hydrogen (secondary N) is 1. The van der Waals surface area contributed by atoms with Gasteiger partial charge in [0, 0.05) is 31.7 Å². The average Bonchev–Trinajstić information content (AvgIpc) is 2.52. The van der Waals surface area contributed by atoms with Gasteiger partial charge in [0.1, 0.15) is 0 Å². The zero-order valence-corrected chi connectivity index (χ0v) is 13.9. The molecule has 3 rings (SSSR count). The van der Waals surface area contributed by atoms with Crippen LogP contribution in [0.3, 0.4) is 0 Å². The first-order valence-corrected chi connectivity index (χ1v) is 8.83. The fourth-order valence-corrected chi connectivity index (χ4v) is 3.99. The van der Waals surface area contributed by atoms with Crippen LogP contribution in [0.5, 0.6) is 0 Å². The third-order valence-corrected chi connectivity index (χ3v) is 5.67. The van der Waals surface area contributed by atoms with Gasteiger partial charge in [-0.05, 0) is 43.6 Å². The molecule has 0 bridgehead atoms. The largest absolute Gasteiger partial charge is 0.393 e. The molecule has 22 heavy (non-hydrogen) atoms. The van der Waals surface area contributed by atoms with Crippen molar-refractivity contribution in [2.24, 2.45) is 11.8 Å². The second kappa shape index (κ2) is 7.12. The summed E-state index contributed by atoms with van der Waals surface area (Å²) in [5.74, 6) is 1.22. The molecule has 5 unspecified atom stereocenters. The highest BCUT2D eigenvalue weighted by atomic mass is 16.3. The third kappa shape index (κ3) is 3.70. The monoisotopic (exact) mass is 302 g/mol. The van der Waals surface area contributed by atoms with Crippen LogP contribution in [0.25, 0.3) is 0 Å². The van der Waals surface area contributed by atoms with E-state index in [0.29, 0.717) is 12.0 Å². The predicted octanol–water partition coefficient (Wildman–Crippen LogP) is 2.65. The molecule has 1 aromatic carbocycles. The van der Waals surface area contributed by atoms with E-state index in [1.807, 2.05) is 6.92 Å². The summed E-state index contributed by atoms with van der Waals surface area (Å²) in [6.07, 6.45) is 3.57. The van der Waals surface area contributed by atoms with Crippen molar-refractivity contribution in [3.63, 3.8) is 0 Å². The summed E-state index contributed by atoms with van der Waals surface area (Å²) >= 11 is 0. The number of likely N-dealkylation sites (tertiary alicyclic amines) is 1. The third-order valence-electron chi connectivity index (χ3n) is 5.67. The molecule has 1 saturated heterocycles. The maximum atomic E-state index is 10.1. The van der Waals surface area contributed by atoms with Gasteiger partial charge >= 0.3 is 0 Å². The Morgan fingerprint density at radius 1 is 1.23 bits per heavy atom. The molecule has 3 heteroatoms. The summed E-state index contributed by atoms with van der Waals surface area (Å²) in [7, 11) is 0. The van der Waals surface area contributed by atoms with Crippen molar-refractivity contribution in [3.8, 4) is 0 Å². The Hall–Kier alpha value is -0.900. The van der Waals surface area contributed by atoms with Crippen molar-refractivity contribution in [1.82, 2.24) is 10.2 Å². The Balaban J connectivity index is 1.59. The molecule has 2 aliphatic rings. The first kappa shape index (κ1) is 16.0. The van der Waals surface area contributed by atoms with E-state index in [4.69, 9.17) is 0 Å². The normalized spacial score (nSPS) is 34.1. The van der Waals surface area contributed by atoms with Gasteiger partial charge in [-0.3, -0.25) is 4.90 Å². The van der Waals surface area contributed by atoms with Gasteiger partial charge in [-0.25, -0.2) is 0 Å². The number of aliphatic hydroxyl groups is 1. The summed E-state index contributed by atoms with van der Waals surface area (Å²) in [5, 5.41) is 13.8. The van der Waals surface area contributed by atoms with Crippen LogP contribution in [-0.4, -0.2) is 41.3 Å². The summed E-state index contributed by atoms with van der Waals surface area (Å²) in [4.78, 5) is 2.64. The summed E-state index contributed by atoms with van der Waals surface area (Å²) in [6, 6.07) is 11.8. The van der Waals surface area contributed by atoms with Gasteiger partial charge < -0.3 is 10.4 Å². The molecular formula is C19H30N2O. The van der Waals surface area contributed by atoms with Crippen LogP contribution in [0.1, 0.15) is 38.7 Å². The number of benzene rings is 1. The average molecular weight is 302 g/mol. The smallest absolute Gasteiger partial charge is 0.0553 e. The topological polar surface area (TPSA) is 35.5 Å². The molecular weight excluding hydrogens is 272 g/mol. The Kier molecular flexibility index (Phi) is 5.17. The van der Waals surface area contributed by atoms with E-state index in [-0.39, 0.29) is 6.10 Å². The molecule has 1 heterocycles. The first-order chi connectivity index (χ1) is 10.6. The summed E-state index contributed by atoms with van der Waals surface area (Å²) in [5.41, 5.74) is 1.34. The zero-order valence-electron chi connectivity index (χ0n) is 13.9. The van der Waals surface area contributed by atoms with Gasteiger partial charge in [-0.15, -0.1) is 0 Å². The van der Waals surface area contributed by atoms with Crippen LogP contribution in [-0.2, 0) is 6.54 Å². The van der Waals surface area contributed by atoms with Crippen LogP contribution >= 0.6 is 0 Å². The number of hydrogen-bond acceptors (Lipinski definition) is 3. The minimum atomic E-state index is -0.209. The number of rotatable bonds is 5. The highest BCUT2D eigenvalue weighted by Gasteiger charge is 2.38. The van der Waals surface area contributed by atoms with E-state index in [2.05, 4.69) is 47.5 Å². The van der Waals surface area contributed by atoms with Gasteiger partial charge in [0.15, 0.2) is 0 Å². The van der Waals surface area contributed by atoms with Crippen molar-refractivity contribution in [2.75, 3.05) is 13.1 Å². The number of aliphatic hydroxyl groups excluding tert-OH is 1. The minimum absolute atomic E-state index is 0.209. The molecule has 0 spiro atoms. The van der Waals surface area contributed by atoms with Crippen molar-refractivity contribution >= 4 is 0 Å². The molecule has 2 N–H and O–H groups in total. The Bertz CT molecular complexity index is 462. The SMILES string of the molecule is CC(O)C1CC(NCc2ccccc2)CN(C2CCC2C)C1. The predicted molar refractivity (Wildman–Crippen MR) is 90.6 cm³/mol. The second-order valence-electron chi connectivity index (χ2n) is 7.38. The van der Waals surface area contributed by atoms with E-state index < -0.39 is 0 Å². The fourth-order valence-electron chi connectivity index (χ4n) is 3.99. The molecule has 0 aromatic heterocycles. The van der Waals surface area contributed by atoms with Crippen LogP contribution in [0.2, 0.25) is 0 Å². The van der Waals surface area contributed by atoms with Gasteiger partial charge in [0.25, 0.3) is 0 Å². The molecule has 122 valence electrons. The lowest BCUT2D eigenvalue weighted by Gasteiger charge is -2.49. The standard InChI is InChI=1S/C19H30N2O/c1-14-8-9-19(14)21-12-17(15(2)22)10-18(13-21)20-11-16-6-4-3-5-7-16/h3-7,14-15,17-20,22H,8-13H2,1-2H3. The molecule has 1 aliphatic heterocycles. The van der Waals surface area contributed by atoms with Crippen LogP contribution in [0.15, 0.2) is 30.3 Å². The highest BCUT2D eigenvalue weighted by Crippen LogP contribution is 2.34. The van der Waals surface area contributed by atoms with Crippen LogP contribution in [0, 0.1) is 11.8 Å². The number of piperidine rings is 1. The molecule has 3 nitrogen and oxygen atoms in total. The molecule has 2 fully saturated rings. The van der Waals surface area contributed by atoms with Crippen LogP contribution in [0.4, 0.5) is 0 Å². The molecule has 5 atom stereocenters. The number of nitrogens with zero attached hydrogens (tertiary/aromatic N) is 1. The Morgan fingerprint density at radius 2 is 2.00 bits per heavy atom. The van der Waals surface area contributed by atoms with E-state index in [0.717, 1.165) is 38.0 Å². The quantitative estimate of drug-likeness (QED) is 0.878. The van der Waals surface area contributed by atoms with Crippen molar-refractivity contribution < 1.29 is 5.11 Å². The lowest BCUT2D eigenvalue weighted by molar-refractivity contribution is -0.0105.